The van der Waals surface area contributed by atoms with Gasteiger partial charge < -0.3 is 56.8 Å². The average Bonchev–Trinajstić information content (AvgIpc) is 2.83. The molecule has 0 aliphatic heterocycles. The number of likely N-dealkylation sites (N-methyl/N-ethyl adjacent to an activating group) is 1. The van der Waals surface area contributed by atoms with Crippen LogP contribution in [0.4, 0.5) is 0 Å². The molecule has 42 heavy (non-hydrogen) atoms. The minimum atomic E-state index is -5.30. The highest BCUT2D eigenvalue weighted by atomic mass is 31.2. The highest BCUT2D eigenvalue weighted by molar-refractivity contribution is 7.46. The highest BCUT2D eigenvalue weighted by Crippen LogP contribution is 2.39. The van der Waals surface area contributed by atoms with Gasteiger partial charge in [-0.2, -0.15) is 0 Å². The van der Waals surface area contributed by atoms with Crippen molar-refractivity contribution in [2.75, 3.05) is 7.05 Å². The van der Waals surface area contributed by atoms with E-state index in [1.165, 1.54) is 7.05 Å². The summed E-state index contributed by atoms with van der Waals surface area (Å²) in [5.74, 6) is -7.38. The topological polar surface area (TPSA) is 351 Å². The molecule has 0 spiro atoms. The van der Waals surface area contributed by atoms with E-state index in [-0.39, 0.29) is 6.42 Å². The van der Waals surface area contributed by atoms with Gasteiger partial charge in [-0.3, -0.25) is 37.8 Å². The predicted octanol–water partition coefficient (Wildman–Crippen LogP) is -3.76. The summed E-state index contributed by atoms with van der Waals surface area (Å²) < 4.78 is 31.2. The molecule has 12 N–H and O–H groups in total. The van der Waals surface area contributed by atoms with Crippen molar-refractivity contribution in [3.63, 3.8) is 0 Å². The van der Waals surface area contributed by atoms with Crippen LogP contribution in [-0.2, 0) is 46.9 Å². The summed E-state index contributed by atoms with van der Waals surface area (Å²) in [6.45, 7) is 1.91. The molecule has 0 radical (unpaired) electrons. The lowest BCUT2D eigenvalue weighted by Gasteiger charge is -2.29. The molecule has 0 aromatic heterocycles. The lowest BCUT2D eigenvalue weighted by Crippen LogP contribution is -2.61. The molecule has 6 atom stereocenters. The van der Waals surface area contributed by atoms with Crippen molar-refractivity contribution in [1.82, 2.24) is 21.3 Å². The number of carboxylic acid groups (broad SMARTS) is 2. The van der Waals surface area contributed by atoms with Crippen LogP contribution in [0.25, 0.3) is 0 Å². The Morgan fingerprint density at radius 1 is 0.690 bits per heavy atom. The molecule has 0 bridgehead atoms. The summed E-state index contributed by atoms with van der Waals surface area (Å²) in [4.78, 5) is 109. The first kappa shape index (κ1) is 39.0. The number of hydrogen-bond acceptors (Lipinski definition) is 11. The van der Waals surface area contributed by atoms with E-state index in [0.29, 0.717) is 0 Å². The quantitative estimate of drug-likeness (QED) is 0.0597. The number of hydrogen-bond donors (Lipinski definition) is 11. The maximum Gasteiger partial charge on any atom is 0.469 e. The smallest absolute Gasteiger partial charge is 0.469 e. The number of nitrogens with one attached hydrogen (secondary N) is 4. The zero-order valence-electron chi connectivity index (χ0n) is 22.5. The van der Waals surface area contributed by atoms with Crippen molar-refractivity contribution in [3.05, 3.63) is 0 Å². The SMILES string of the molecule is CNC(=O)[C@H](CCC(=O)O)NC(=O)[C@H](CCC(=O)O)NC(=O)[C@@H](NC(=O)[C@@H](N)[C@@H](C)OP(=O)(O)O)[C@@H](C)OP(=O)(O)O. The Hall–Kier alpha value is -3.00. The van der Waals surface area contributed by atoms with Gasteiger partial charge >= 0.3 is 27.6 Å². The van der Waals surface area contributed by atoms with Crippen LogP contribution in [0, 0.1) is 0 Å². The van der Waals surface area contributed by atoms with Crippen LogP contribution < -0.4 is 27.0 Å². The van der Waals surface area contributed by atoms with E-state index in [4.69, 9.17) is 35.5 Å². The summed E-state index contributed by atoms with van der Waals surface area (Å²) in [7, 11) is -9.22. The maximum absolute atomic E-state index is 13.1. The minimum Gasteiger partial charge on any atom is -0.481 e. The van der Waals surface area contributed by atoms with Crippen LogP contribution in [0.15, 0.2) is 0 Å². The second-order valence-electron chi connectivity index (χ2n) is 8.72. The molecule has 21 nitrogen and oxygen atoms in total. The third-order valence-electron chi connectivity index (χ3n) is 5.27. The van der Waals surface area contributed by atoms with E-state index in [1.54, 1.807) is 0 Å². The van der Waals surface area contributed by atoms with Crippen molar-refractivity contribution >= 4 is 51.2 Å². The van der Waals surface area contributed by atoms with Crippen LogP contribution >= 0.6 is 15.6 Å². The molecule has 0 saturated heterocycles. The molecular formula is C19H35N5O16P2. The maximum atomic E-state index is 13.1. The Kier molecular flexibility index (Phi) is 16.0. The molecule has 0 aromatic carbocycles. The largest absolute Gasteiger partial charge is 0.481 e. The summed E-state index contributed by atoms with van der Waals surface area (Å²) in [6.07, 6.45) is -5.76. The van der Waals surface area contributed by atoms with Crippen LogP contribution in [0.2, 0.25) is 0 Å². The Bertz CT molecular complexity index is 1090. The second-order valence-corrected chi connectivity index (χ2v) is 11.1. The number of carbonyl (C=O) groups is 6. The first-order valence-corrected chi connectivity index (χ1v) is 14.9. The highest BCUT2D eigenvalue weighted by Gasteiger charge is 2.37. The van der Waals surface area contributed by atoms with Crippen molar-refractivity contribution in [2.24, 2.45) is 5.73 Å². The molecule has 23 heteroatoms. The number of amides is 4. The standard InChI is InChI=1S/C19H35N5O16P2/c1-8(39-41(33,34)35)14(20)18(31)24-15(9(2)40-42(36,37)38)19(32)23-11(5-7-13(27)28)17(30)22-10(16(29)21-3)4-6-12(25)26/h8-11,14-15H,4-7,20H2,1-3H3,(H,21,29)(H,22,30)(H,23,32)(H,24,31)(H,25,26)(H,27,28)(H2,33,34,35)(H2,36,37,38)/t8-,9-,10+,11+,14+,15+/m1/s1. The molecule has 0 heterocycles. The average molecular weight is 651 g/mol. The normalized spacial score (nSPS) is 16.1. The molecule has 0 unspecified atom stereocenters. The first-order chi connectivity index (χ1) is 19.1. The fraction of sp³-hybridized carbons (Fsp3) is 0.684. The van der Waals surface area contributed by atoms with Gasteiger partial charge in [0.1, 0.15) is 24.2 Å². The summed E-state index contributed by atoms with van der Waals surface area (Å²) in [6, 6.07) is -7.09. The van der Waals surface area contributed by atoms with Crippen LogP contribution in [0.3, 0.4) is 0 Å². The molecular weight excluding hydrogens is 616 g/mol. The molecule has 0 rings (SSSR count). The van der Waals surface area contributed by atoms with E-state index in [1.807, 2.05) is 5.32 Å². The fourth-order valence-electron chi connectivity index (χ4n) is 3.20. The molecule has 4 amide bonds. The first-order valence-electron chi connectivity index (χ1n) is 11.9. The van der Waals surface area contributed by atoms with Crippen LogP contribution in [0.5, 0.6) is 0 Å². The Morgan fingerprint density at radius 3 is 1.50 bits per heavy atom. The number of phosphoric acid groups is 2. The van der Waals surface area contributed by atoms with E-state index in [2.05, 4.69) is 25.0 Å². The number of aliphatic carboxylic acids is 2. The number of nitrogens with two attached hydrogens (primary N) is 1. The zero-order valence-corrected chi connectivity index (χ0v) is 24.3. The number of rotatable bonds is 19. The monoisotopic (exact) mass is 651 g/mol. The van der Waals surface area contributed by atoms with Crippen molar-refractivity contribution in [3.8, 4) is 0 Å². The summed E-state index contributed by atoms with van der Waals surface area (Å²) in [5, 5.41) is 26.4. The zero-order chi connectivity index (χ0) is 33.0. The minimum absolute atomic E-state index is 0.390. The summed E-state index contributed by atoms with van der Waals surface area (Å²) >= 11 is 0. The molecule has 0 fully saturated rings. The van der Waals surface area contributed by atoms with E-state index >= 15 is 0 Å². The molecule has 242 valence electrons. The number of carbonyl (C=O) groups excluding carboxylic acids is 4. The Labute approximate surface area is 238 Å². The fourth-order valence-corrected chi connectivity index (χ4v) is 4.32. The molecule has 0 aliphatic rings. The van der Waals surface area contributed by atoms with Crippen molar-refractivity contribution in [1.29, 1.82) is 0 Å². The van der Waals surface area contributed by atoms with Gasteiger partial charge in [0.25, 0.3) is 0 Å². The van der Waals surface area contributed by atoms with Crippen molar-refractivity contribution < 1.29 is 76.7 Å². The van der Waals surface area contributed by atoms with Gasteiger partial charge in [0.05, 0.1) is 12.2 Å². The van der Waals surface area contributed by atoms with Crippen LogP contribution in [0.1, 0.15) is 39.5 Å². The number of carboxylic acids is 2. The Balaban J connectivity index is 6.14. The van der Waals surface area contributed by atoms with Gasteiger partial charge in [0, 0.05) is 19.9 Å². The Morgan fingerprint density at radius 2 is 1.10 bits per heavy atom. The lowest BCUT2D eigenvalue weighted by atomic mass is 10.1. The van der Waals surface area contributed by atoms with Gasteiger partial charge in [0.2, 0.25) is 23.6 Å². The predicted molar refractivity (Wildman–Crippen MR) is 137 cm³/mol. The van der Waals surface area contributed by atoms with Gasteiger partial charge in [-0.15, -0.1) is 0 Å². The van der Waals surface area contributed by atoms with Gasteiger partial charge in [-0.25, -0.2) is 9.13 Å². The van der Waals surface area contributed by atoms with Gasteiger partial charge in [-0.05, 0) is 26.7 Å². The number of phosphoric ester groups is 2. The molecule has 0 aromatic rings. The molecule has 0 saturated carbocycles. The van der Waals surface area contributed by atoms with Gasteiger partial charge in [-0.1, -0.05) is 0 Å². The second kappa shape index (κ2) is 17.2. The van der Waals surface area contributed by atoms with Crippen molar-refractivity contribution in [2.45, 2.75) is 75.9 Å². The van der Waals surface area contributed by atoms with E-state index in [0.717, 1.165) is 13.8 Å². The lowest BCUT2D eigenvalue weighted by molar-refractivity contribution is -0.140. The van der Waals surface area contributed by atoms with E-state index in [9.17, 15) is 37.9 Å². The molecule has 0 aliphatic carbocycles. The van der Waals surface area contributed by atoms with Gasteiger partial charge in [0.15, 0.2) is 0 Å². The third-order valence-corrected chi connectivity index (χ3v) is 6.49. The van der Waals surface area contributed by atoms with Crippen LogP contribution in [-0.4, -0.2) is 109 Å². The summed E-state index contributed by atoms with van der Waals surface area (Å²) in [5.41, 5.74) is 5.60. The third kappa shape index (κ3) is 15.9. The van der Waals surface area contributed by atoms with E-state index < -0.39 is 107 Å².